The number of nitrogens with zero attached hydrogens (tertiary/aromatic N) is 1. The number of carbonyl (C=O) groups excluding carboxylic acids is 1. The van der Waals surface area contributed by atoms with Crippen LogP contribution in [-0.2, 0) is 0 Å². The smallest absolute Gasteiger partial charge is 0.294 e. The van der Waals surface area contributed by atoms with Gasteiger partial charge in [0.25, 0.3) is 11.6 Å². The van der Waals surface area contributed by atoms with Gasteiger partial charge in [0.2, 0.25) is 0 Å². The number of para-hydroxylation sites is 2. The highest BCUT2D eigenvalue weighted by atomic mass is 35.5. The first-order valence-electron chi connectivity index (χ1n) is 5.63. The van der Waals surface area contributed by atoms with E-state index in [1.807, 2.05) is 0 Å². The summed E-state index contributed by atoms with van der Waals surface area (Å²) in [4.78, 5) is 22.4. The lowest BCUT2D eigenvalue weighted by molar-refractivity contribution is -0.383. The molecule has 108 valence electrons. The number of nitro benzene ring substituents is 1. The second kappa shape index (κ2) is 5.99. The van der Waals surface area contributed by atoms with Crippen molar-refractivity contribution in [2.45, 2.75) is 0 Å². The lowest BCUT2D eigenvalue weighted by Crippen LogP contribution is -2.13. The molecule has 0 radical (unpaired) electrons. The van der Waals surface area contributed by atoms with Crippen molar-refractivity contribution in [2.24, 2.45) is 0 Å². The number of rotatable bonds is 3. The monoisotopic (exact) mass is 326 g/mol. The van der Waals surface area contributed by atoms with Gasteiger partial charge in [0.1, 0.15) is 11.4 Å². The van der Waals surface area contributed by atoms with E-state index in [1.54, 1.807) is 0 Å². The molecule has 0 atom stereocenters. The fourth-order valence-corrected chi connectivity index (χ4v) is 2.06. The maximum absolute atomic E-state index is 12.1. The number of nitro groups is 1. The standard InChI is InChI=1S/C13H8Cl2N2O4/c14-8-4-2-6-10(17(20)21)11(8)16-13(19)7-3-1-5-9(15)12(7)18/h1-6,18H,(H,16,19). The highest BCUT2D eigenvalue weighted by Gasteiger charge is 2.21. The molecule has 6 nitrogen and oxygen atoms in total. The van der Waals surface area contributed by atoms with Crippen LogP contribution in [0.5, 0.6) is 5.75 Å². The van der Waals surface area contributed by atoms with Crippen molar-refractivity contribution in [3.8, 4) is 5.75 Å². The molecule has 21 heavy (non-hydrogen) atoms. The number of nitrogens with one attached hydrogen (secondary N) is 1. The number of aromatic hydroxyl groups is 1. The Morgan fingerprint density at radius 2 is 1.76 bits per heavy atom. The quantitative estimate of drug-likeness (QED) is 0.661. The Balaban J connectivity index is 2.41. The van der Waals surface area contributed by atoms with Gasteiger partial charge in [0.15, 0.2) is 0 Å². The van der Waals surface area contributed by atoms with Gasteiger partial charge in [-0.1, -0.05) is 35.3 Å². The molecule has 0 aromatic heterocycles. The minimum Gasteiger partial charge on any atom is -0.506 e. The lowest BCUT2D eigenvalue weighted by atomic mass is 10.1. The molecule has 0 heterocycles. The first-order valence-corrected chi connectivity index (χ1v) is 6.39. The van der Waals surface area contributed by atoms with Crippen molar-refractivity contribution in [1.29, 1.82) is 0 Å². The Morgan fingerprint density at radius 1 is 1.14 bits per heavy atom. The van der Waals surface area contributed by atoms with Crippen LogP contribution in [0.4, 0.5) is 11.4 Å². The van der Waals surface area contributed by atoms with E-state index in [4.69, 9.17) is 23.2 Å². The maximum atomic E-state index is 12.1. The van der Waals surface area contributed by atoms with Crippen LogP contribution in [0.3, 0.4) is 0 Å². The molecule has 0 fully saturated rings. The summed E-state index contributed by atoms with van der Waals surface area (Å²) in [6, 6.07) is 8.22. The van der Waals surface area contributed by atoms with Gasteiger partial charge in [0, 0.05) is 6.07 Å². The summed E-state index contributed by atoms with van der Waals surface area (Å²) in [6.45, 7) is 0. The summed E-state index contributed by atoms with van der Waals surface area (Å²) in [5.41, 5.74) is -0.609. The summed E-state index contributed by atoms with van der Waals surface area (Å²) in [7, 11) is 0. The number of hydrogen-bond donors (Lipinski definition) is 2. The molecule has 2 aromatic carbocycles. The van der Waals surface area contributed by atoms with E-state index in [9.17, 15) is 20.0 Å². The molecule has 2 rings (SSSR count). The second-order valence-corrected chi connectivity index (χ2v) is 4.80. The molecule has 2 aromatic rings. The van der Waals surface area contributed by atoms with Gasteiger partial charge in [-0.05, 0) is 18.2 Å². The Morgan fingerprint density at radius 3 is 2.43 bits per heavy atom. The summed E-state index contributed by atoms with van der Waals surface area (Å²) >= 11 is 11.6. The molecule has 0 aliphatic carbocycles. The van der Waals surface area contributed by atoms with Gasteiger partial charge < -0.3 is 10.4 Å². The summed E-state index contributed by atoms with van der Waals surface area (Å²) in [5, 5.41) is 23.0. The molecular weight excluding hydrogens is 319 g/mol. The van der Waals surface area contributed by atoms with Crippen molar-refractivity contribution in [3.63, 3.8) is 0 Å². The van der Waals surface area contributed by atoms with Crippen LogP contribution >= 0.6 is 23.2 Å². The van der Waals surface area contributed by atoms with Gasteiger partial charge in [-0.15, -0.1) is 0 Å². The topological polar surface area (TPSA) is 92.5 Å². The van der Waals surface area contributed by atoms with E-state index in [0.29, 0.717) is 0 Å². The highest BCUT2D eigenvalue weighted by molar-refractivity contribution is 6.35. The van der Waals surface area contributed by atoms with E-state index in [1.165, 1.54) is 36.4 Å². The van der Waals surface area contributed by atoms with E-state index in [0.717, 1.165) is 0 Å². The zero-order valence-electron chi connectivity index (χ0n) is 10.3. The zero-order valence-corrected chi connectivity index (χ0v) is 11.9. The zero-order chi connectivity index (χ0) is 15.6. The predicted octanol–water partition coefficient (Wildman–Crippen LogP) is 3.86. The van der Waals surface area contributed by atoms with Crippen molar-refractivity contribution in [3.05, 3.63) is 62.1 Å². The van der Waals surface area contributed by atoms with E-state index >= 15 is 0 Å². The average Bonchev–Trinajstić information content (AvgIpc) is 2.43. The van der Waals surface area contributed by atoms with Crippen LogP contribution < -0.4 is 5.32 Å². The Labute approximate surface area is 129 Å². The molecule has 0 aliphatic heterocycles. The van der Waals surface area contributed by atoms with Crippen LogP contribution in [-0.4, -0.2) is 15.9 Å². The molecule has 0 saturated heterocycles. The molecule has 0 unspecified atom stereocenters. The first kappa shape index (κ1) is 15.1. The molecule has 2 N–H and O–H groups in total. The average molecular weight is 327 g/mol. The number of phenolic OH excluding ortho intramolecular Hbond substituents is 1. The number of amides is 1. The SMILES string of the molecule is O=C(Nc1c(Cl)cccc1[N+](=O)[O-])c1cccc(Cl)c1O. The molecule has 1 amide bonds. The fourth-order valence-electron chi connectivity index (χ4n) is 1.67. The predicted molar refractivity (Wildman–Crippen MR) is 79.2 cm³/mol. The van der Waals surface area contributed by atoms with Crippen LogP contribution in [0.15, 0.2) is 36.4 Å². The van der Waals surface area contributed by atoms with E-state index < -0.39 is 16.6 Å². The van der Waals surface area contributed by atoms with Gasteiger partial charge in [-0.2, -0.15) is 0 Å². The van der Waals surface area contributed by atoms with Crippen LogP contribution in [0.1, 0.15) is 10.4 Å². The number of anilines is 1. The van der Waals surface area contributed by atoms with Crippen LogP contribution in [0, 0.1) is 10.1 Å². The van der Waals surface area contributed by atoms with Gasteiger partial charge in [-0.25, -0.2) is 0 Å². The van der Waals surface area contributed by atoms with Gasteiger partial charge in [0.05, 0.1) is 20.5 Å². The largest absolute Gasteiger partial charge is 0.506 e. The van der Waals surface area contributed by atoms with E-state index in [2.05, 4.69) is 5.32 Å². The van der Waals surface area contributed by atoms with Crippen LogP contribution in [0.2, 0.25) is 10.0 Å². The first-order chi connectivity index (χ1) is 9.91. The van der Waals surface area contributed by atoms with Gasteiger partial charge in [-0.3, -0.25) is 14.9 Å². The second-order valence-electron chi connectivity index (χ2n) is 3.98. The number of carbonyl (C=O) groups is 1. The molecule has 0 saturated carbocycles. The number of hydrogen-bond acceptors (Lipinski definition) is 4. The van der Waals surface area contributed by atoms with Crippen molar-refractivity contribution < 1.29 is 14.8 Å². The van der Waals surface area contributed by atoms with Gasteiger partial charge >= 0.3 is 0 Å². The third kappa shape index (κ3) is 3.07. The minimum atomic E-state index is -0.758. The molecule has 0 bridgehead atoms. The fraction of sp³-hybridized carbons (Fsp3) is 0. The minimum absolute atomic E-state index is 0.00342. The third-order valence-corrected chi connectivity index (χ3v) is 3.28. The molecule has 0 aliphatic rings. The maximum Gasteiger partial charge on any atom is 0.294 e. The van der Waals surface area contributed by atoms with Crippen molar-refractivity contribution >= 4 is 40.5 Å². The highest BCUT2D eigenvalue weighted by Crippen LogP contribution is 2.33. The number of phenols is 1. The Hall–Kier alpha value is -2.31. The third-order valence-electron chi connectivity index (χ3n) is 2.66. The Bertz CT molecular complexity index is 734. The van der Waals surface area contributed by atoms with Crippen molar-refractivity contribution in [2.75, 3.05) is 5.32 Å². The molecular formula is C13H8Cl2N2O4. The Kier molecular flexibility index (Phi) is 4.30. The number of benzene rings is 2. The van der Waals surface area contributed by atoms with Crippen LogP contribution in [0.25, 0.3) is 0 Å². The molecule has 0 spiro atoms. The number of halogens is 2. The summed E-state index contributed by atoms with van der Waals surface area (Å²) in [6.07, 6.45) is 0. The van der Waals surface area contributed by atoms with Crippen molar-refractivity contribution in [1.82, 2.24) is 0 Å². The normalized spacial score (nSPS) is 10.2. The lowest BCUT2D eigenvalue weighted by Gasteiger charge is -2.09. The summed E-state index contributed by atoms with van der Waals surface area (Å²) in [5.74, 6) is -1.17. The summed E-state index contributed by atoms with van der Waals surface area (Å²) < 4.78 is 0. The molecule has 8 heteroatoms. The van der Waals surface area contributed by atoms with E-state index in [-0.39, 0.29) is 27.0 Å².